The van der Waals surface area contributed by atoms with Gasteiger partial charge in [0.1, 0.15) is 11.2 Å². The largest absolute Gasteiger partial charge is 0.465 e. The smallest absolute Gasteiger partial charge is 0.318 e. The van der Waals surface area contributed by atoms with Crippen LogP contribution in [0.25, 0.3) is 0 Å². The van der Waals surface area contributed by atoms with Gasteiger partial charge in [-0.15, -0.1) is 0 Å². The molecule has 0 aliphatic carbocycles. The van der Waals surface area contributed by atoms with E-state index < -0.39 is 5.41 Å². The first-order chi connectivity index (χ1) is 10.1. The van der Waals surface area contributed by atoms with Gasteiger partial charge >= 0.3 is 5.97 Å². The van der Waals surface area contributed by atoms with Crippen molar-refractivity contribution in [3.8, 4) is 0 Å². The minimum absolute atomic E-state index is 0.254. The van der Waals surface area contributed by atoms with E-state index in [9.17, 15) is 4.79 Å². The van der Waals surface area contributed by atoms with Crippen LogP contribution in [-0.4, -0.2) is 18.8 Å². The van der Waals surface area contributed by atoms with Crippen LogP contribution in [0.1, 0.15) is 19.4 Å². The summed E-state index contributed by atoms with van der Waals surface area (Å²) in [7, 11) is 0. The lowest BCUT2D eigenvalue weighted by molar-refractivity contribution is -0.152. The highest BCUT2D eigenvalue weighted by atomic mass is 16.5. The minimum atomic E-state index is -0.799. The third kappa shape index (κ3) is 3.40. The number of esters is 1. The van der Waals surface area contributed by atoms with Crippen LogP contribution < -0.4 is 5.32 Å². The summed E-state index contributed by atoms with van der Waals surface area (Å²) in [5.41, 5.74) is 1.03. The zero-order valence-corrected chi connectivity index (χ0v) is 12.4. The Morgan fingerprint density at radius 2 is 2.10 bits per heavy atom. The zero-order valence-electron chi connectivity index (χ0n) is 12.4. The first kappa shape index (κ1) is 15.0. The molecule has 1 aromatic rings. The zero-order chi connectivity index (χ0) is 15.3. The average Bonchev–Trinajstić information content (AvgIpc) is 2.48. The maximum Gasteiger partial charge on any atom is 0.318 e. The second kappa shape index (κ2) is 6.39. The molecule has 1 heterocycles. The summed E-state index contributed by atoms with van der Waals surface area (Å²) in [4.78, 5) is 16.5. The molecule has 0 spiro atoms. The van der Waals surface area contributed by atoms with Crippen molar-refractivity contribution in [3.63, 3.8) is 0 Å². The number of rotatable bonds is 5. The topological polar surface area (TPSA) is 50.7 Å². The van der Waals surface area contributed by atoms with Crippen molar-refractivity contribution in [1.29, 1.82) is 0 Å². The lowest BCUT2D eigenvalue weighted by atomic mass is 9.79. The fourth-order valence-corrected chi connectivity index (χ4v) is 2.32. The summed E-state index contributed by atoms with van der Waals surface area (Å²) in [5, 5.41) is 3.08. The van der Waals surface area contributed by atoms with Crippen LogP contribution in [0.2, 0.25) is 0 Å². The molecule has 1 aliphatic rings. The van der Waals surface area contributed by atoms with E-state index in [2.05, 4.69) is 16.9 Å². The van der Waals surface area contributed by atoms with Gasteiger partial charge in [0.25, 0.3) is 0 Å². The first-order valence-corrected chi connectivity index (χ1v) is 6.98. The third-order valence-corrected chi connectivity index (χ3v) is 3.47. The molecule has 0 aromatic heterocycles. The normalized spacial score (nSPS) is 16.7. The summed E-state index contributed by atoms with van der Waals surface area (Å²) in [5.74, 6) is 0.270. The van der Waals surface area contributed by atoms with Crippen molar-refractivity contribution in [2.45, 2.75) is 20.3 Å². The second-order valence-corrected chi connectivity index (χ2v) is 5.15. The molecule has 1 aliphatic heterocycles. The predicted molar refractivity (Wildman–Crippen MR) is 83.7 cm³/mol. The third-order valence-electron chi connectivity index (χ3n) is 3.47. The number of nitrogens with one attached hydrogen (secondary N) is 1. The quantitative estimate of drug-likeness (QED) is 0.846. The van der Waals surface area contributed by atoms with Gasteiger partial charge in [0, 0.05) is 11.9 Å². The summed E-state index contributed by atoms with van der Waals surface area (Å²) in [6.07, 6.45) is 4.00. The molecular formula is C17H20N2O2. The van der Waals surface area contributed by atoms with Crippen LogP contribution in [0.15, 0.2) is 59.5 Å². The SMILES string of the molecule is C=C1N=CC=C(C(C)(Cc2ccccc2)C(=O)OCC)N1. The molecule has 1 N–H and O–H groups in total. The molecular weight excluding hydrogens is 264 g/mol. The van der Waals surface area contributed by atoms with E-state index in [1.807, 2.05) is 44.2 Å². The fraction of sp³-hybridized carbons (Fsp3) is 0.294. The van der Waals surface area contributed by atoms with Crippen molar-refractivity contribution in [1.82, 2.24) is 5.32 Å². The molecule has 2 rings (SSSR count). The van der Waals surface area contributed by atoms with E-state index in [-0.39, 0.29) is 5.97 Å². The van der Waals surface area contributed by atoms with E-state index in [4.69, 9.17) is 4.74 Å². The van der Waals surface area contributed by atoms with Crippen molar-refractivity contribution in [3.05, 3.63) is 60.1 Å². The predicted octanol–water partition coefficient (Wildman–Crippen LogP) is 2.83. The van der Waals surface area contributed by atoms with Gasteiger partial charge in [-0.2, -0.15) is 0 Å². The van der Waals surface area contributed by atoms with Gasteiger partial charge < -0.3 is 10.1 Å². The number of benzene rings is 1. The highest BCUT2D eigenvalue weighted by Crippen LogP contribution is 2.32. The van der Waals surface area contributed by atoms with E-state index in [1.165, 1.54) is 0 Å². The summed E-state index contributed by atoms with van der Waals surface area (Å²) in [6, 6.07) is 9.89. The molecule has 0 saturated carbocycles. The minimum Gasteiger partial charge on any atom is -0.465 e. The molecule has 21 heavy (non-hydrogen) atoms. The molecule has 110 valence electrons. The summed E-state index contributed by atoms with van der Waals surface area (Å²) in [6.45, 7) is 7.83. The Hall–Kier alpha value is -2.36. The molecule has 0 saturated heterocycles. The lowest BCUT2D eigenvalue weighted by Crippen LogP contribution is -2.40. The lowest BCUT2D eigenvalue weighted by Gasteiger charge is -2.31. The van der Waals surface area contributed by atoms with Crippen molar-refractivity contribution in [2.75, 3.05) is 6.61 Å². The van der Waals surface area contributed by atoms with Crippen molar-refractivity contribution < 1.29 is 9.53 Å². The maximum atomic E-state index is 12.5. The van der Waals surface area contributed by atoms with Gasteiger partial charge in [0.2, 0.25) is 0 Å². The Bertz CT molecular complexity index is 590. The number of nitrogens with zero attached hydrogens (tertiary/aromatic N) is 1. The number of allylic oxidation sites excluding steroid dienone is 1. The standard InChI is InChI=1S/C17H20N2O2/c1-4-21-16(20)17(3,12-14-8-6-5-7-9-14)15-10-11-18-13(2)19-15/h5-11,19H,2,4,12H2,1,3H3. The monoisotopic (exact) mass is 284 g/mol. The molecule has 0 fully saturated rings. The van der Waals surface area contributed by atoms with Crippen LogP contribution in [0.5, 0.6) is 0 Å². The van der Waals surface area contributed by atoms with Crippen molar-refractivity contribution in [2.24, 2.45) is 10.4 Å². The summed E-state index contributed by atoms with van der Waals surface area (Å²) < 4.78 is 5.27. The second-order valence-electron chi connectivity index (χ2n) is 5.15. The van der Waals surface area contributed by atoms with Crippen LogP contribution in [0, 0.1) is 5.41 Å². The maximum absolute atomic E-state index is 12.5. The number of carbonyl (C=O) groups excluding carboxylic acids is 1. The Morgan fingerprint density at radius 3 is 2.71 bits per heavy atom. The molecule has 1 atom stereocenters. The van der Waals surface area contributed by atoms with Crippen LogP contribution in [0.4, 0.5) is 0 Å². The summed E-state index contributed by atoms with van der Waals surface area (Å²) >= 11 is 0. The van der Waals surface area contributed by atoms with Gasteiger partial charge in [0.15, 0.2) is 0 Å². The fourth-order valence-electron chi connectivity index (χ4n) is 2.32. The molecule has 1 unspecified atom stereocenters. The van der Waals surface area contributed by atoms with Gasteiger partial charge in [-0.3, -0.25) is 4.79 Å². The Balaban J connectivity index is 2.35. The highest BCUT2D eigenvalue weighted by Gasteiger charge is 2.39. The van der Waals surface area contributed by atoms with E-state index in [0.29, 0.717) is 18.8 Å². The Kier molecular flexibility index (Phi) is 4.58. The molecule has 0 bridgehead atoms. The van der Waals surface area contributed by atoms with E-state index in [0.717, 1.165) is 11.3 Å². The van der Waals surface area contributed by atoms with Crippen LogP contribution in [0.3, 0.4) is 0 Å². The van der Waals surface area contributed by atoms with Gasteiger partial charge in [-0.25, -0.2) is 4.99 Å². The molecule has 4 heteroatoms. The number of ether oxygens (including phenoxy) is 1. The molecule has 0 amide bonds. The van der Waals surface area contributed by atoms with E-state index >= 15 is 0 Å². The molecule has 4 nitrogen and oxygen atoms in total. The van der Waals surface area contributed by atoms with Gasteiger partial charge in [0.05, 0.1) is 6.61 Å². The van der Waals surface area contributed by atoms with Gasteiger partial charge in [-0.1, -0.05) is 36.9 Å². The molecule has 1 aromatic carbocycles. The molecule has 0 radical (unpaired) electrons. The number of hydrogen-bond donors (Lipinski definition) is 1. The van der Waals surface area contributed by atoms with Crippen LogP contribution >= 0.6 is 0 Å². The average molecular weight is 284 g/mol. The number of hydrogen-bond acceptors (Lipinski definition) is 4. The number of aliphatic imine (C=N–C) groups is 1. The highest BCUT2D eigenvalue weighted by molar-refractivity contribution is 5.84. The first-order valence-electron chi connectivity index (χ1n) is 6.98. The Morgan fingerprint density at radius 1 is 1.38 bits per heavy atom. The Labute approximate surface area is 125 Å². The van der Waals surface area contributed by atoms with E-state index in [1.54, 1.807) is 12.3 Å². The number of carbonyl (C=O) groups is 1. The van der Waals surface area contributed by atoms with Crippen LogP contribution in [-0.2, 0) is 16.0 Å². The van der Waals surface area contributed by atoms with Gasteiger partial charge in [-0.05, 0) is 31.9 Å². The van der Waals surface area contributed by atoms with Crippen molar-refractivity contribution >= 4 is 12.2 Å².